The van der Waals surface area contributed by atoms with E-state index >= 15 is 0 Å². The fraction of sp³-hybridized carbons (Fsp3) is 0.167. The number of nitrogens with zero attached hydrogens (tertiary/aromatic N) is 2. The summed E-state index contributed by atoms with van der Waals surface area (Å²) in [4.78, 5) is 23.5. The number of hydrogen-bond acceptors (Lipinski definition) is 6. The van der Waals surface area contributed by atoms with E-state index in [1.165, 1.54) is 6.07 Å². The number of carbonyl (C=O) groups excluding carboxylic acids is 2. The average molecular weight is 452 g/mol. The molecule has 160 valence electrons. The molecule has 0 aliphatic carbocycles. The highest BCUT2D eigenvalue weighted by Gasteiger charge is 2.41. The van der Waals surface area contributed by atoms with Crippen molar-refractivity contribution in [3.8, 4) is 11.8 Å². The molecular weight excluding hydrogens is 441 g/mol. The Hall–Kier alpha value is -3.79. The first kappa shape index (κ1) is 20.5. The smallest absolute Gasteiger partial charge is 0.336 e. The van der Waals surface area contributed by atoms with Crippen LogP contribution in [0.1, 0.15) is 17.2 Å². The van der Waals surface area contributed by atoms with Crippen LogP contribution in [0.15, 0.2) is 29.2 Å². The molecule has 0 saturated heterocycles. The van der Waals surface area contributed by atoms with Crippen molar-refractivity contribution in [1.82, 2.24) is 9.62 Å². The Morgan fingerprint density at radius 2 is 2.03 bits per heavy atom. The maximum atomic E-state index is 14.3. The van der Waals surface area contributed by atoms with Gasteiger partial charge < -0.3 is 15.4 Å². The topological polar surface area (TPSA) is 129 Å². The summed E-state index contributed by atoms with van der Waals surface area (Å²) in [5.41, 5.74) is -0.502. The molecule has 2 aromatic carbocycles. The molecule has 0 radical (unpaired) electrons. The van der Waals surface area contributed by atoms with Crippen LogP contribution in [0, 0.1) is 28.8 Å². The van der Waals surface area contributed by atoms with Crippen LogP contribution < -0.4 is 15.4 Å². The molecule has 3 amide bonds. The van der Waals surface area contributed by atoms with Crippen molar-refractivity contribution >= 4 is 27.6 Å². The average Bonchev–Trinajstić information content (AvgIpc) is 3.10. The predicted molar refractivity (Wildman–Crippen MR) is 96.8 cm³/mol. The number of nitriles is 1. The molecule has 31 heavy (non-hydrogen) atoms. The highest BCUT2D eigenvalue weighted by molar-refractivity contribution is 7.90. The van der Waals surface area contributed by atoms with E-state index in [0.717, 1.165) is 12.1 Å². The third-order valence-electron chi connectivity index (χ3n) is 4.66. The molecular formula is C18H11F3N4O5S. The SMILES string of the molecule is N#Cc1cc(F)c2c(c1)OC[C@@H]2NC(=O)CN1C(=O)Nc2ccc(F)c(F)c2S1(=O)=O. The molecule has 2 heterocycles. The highest BCUT2D eigenvalue weighted by atomic mass is 32.2. The molecule has 2 aromatic rings. The van der Waals surface area contributed by atoms with Crippen molar-refractivity contribution in [3.63, 3.8) is 0 Å². The number of hydrogen-bond donors (Lipinski definition) is 2. The Morgan fingerprint density at radius 3 is 2.74 bits per heavy atom. The summed E-state index contributed by atoms with van der Waals surface area (Å²) in [7, 11) is -4.89. The van der Waals surface area contributed by atoms with Crippen molar-refractivity contribution < 1.29 is 35.9 Å². The monoisotopic (exact) mass is 452 g/mol. The van der Waals surface area contributed by atoms with Gasteiger partial charge in [-0.1, -0.05) is 0 Å². The summed E-state index contributed by atoms with van der Waals surface area (Å²) in [6, 6.07) is 3.24. The third-order valence-corrected chi connectivity index (χ3v) is 6.45. The number of ether oxygens (including phenoxy) is 1. The lowest BCUT2D eigenvalue weighted by Gasteiger charge is -2.28. The van der Waals surface area contributed by atoms with E-state index in [9.17, 15) is 31.2 Å². The number of rotatable bonds is 3. The molecule has 2 aliphatic rings. The van der Waals surface area contributed by atoms with E-state index in [1.54, 1.807) is 6.07 Å². The van der Waals surface area contributed by atoms with E-state index in [-0.39, 0.29) is 27.8 Å². The molecule has 1 atom stereocenters. The minimum atomic E-state index is -4.89. The zero-order valence-corrected chi connectivity index (χ0v) is 16.1. The zero-order valence-electron chi connectivity index (χ0n) is 15.3. The number of amides is 3. The highest BCUT2D eigenvalue weighted by Crippen LogP contribution is 2.36. The van der Waals surface area contributed by atoms with Crippen LogP contribution in [-0.2, 0) is 14.8 Å². The van der Waals surface area contributed by atoms with Crippen molar-refractivity contribution in [2.45, 2.75) is 10.9 Å². The molecule has 0 unspecified atom stereocenters. The van der Waals surface area contributed by atoms with Crippen molar-refractivity contribution in [3.05, 3.63) is 52.8 Å². The van der Waals surface area contributed by atoms with Gasteiger partial charge in [-0.3, -0.25) is 4.79 Å². The van der Waals surface area contributed by atoms with Gasteiger partial charge in [0.25, 0.3) is 10.0 Å². The van der Waals surface area contributed by atoms with Gasteiger partial charge in [0.2, 0.25) is 5.91 Å². The molecule has 0 spiro atoms. The Morgan fingerprint density at radius 1 is 1.29 bits per heavy atom. The number of fused-ring (bicyclic) bond motifs is 2. The van der Waals surface area contributed by atoms with Crippen molar-refractivity contribution in [2.75, 3.05) is 18.5 Å². The summed E-state index contributed by atoms with van der Waals surface area (Å²) in [6.45, 7) is -1.28. The van der Waals surface area contributed by atoms with Crippen LogP contribution in [0.2, 0.25) is 0 Å². The number of carbonyl (C=O) groups is 2. The van der Waals surface area contributed by atoms with Gasteiger partial charge in [0.05, 0.1) is 28.9 Å². The summed E-state index contributed by atoms with van der Waals surface area (Å²) in [6.07, 6.45) is 0. The van der Waals surface area contributed by atoms with Crippen LogP contribution >= 0.6 is 0 Å². The van der Waals surface area contributed by atoms with Crippen LogP contribution in [0.25, 0.3) is 0 Å². The minimum Gasteiger partial charge on any atom is -0.491 e. The second kappa shape index (κ2) is 7.17. The normalized spacial score (nSPS) is 18.3. The number of anilines is 1. The number of nitrogens with one attached hydrogen (secondary N) is 2. The molecule has 2 N–H and O–H groups in total. The number of benzene rings is 2. The number of sulfonamides is 1. The fourth-order valence-corrected chi connectivity index (χ4v) is 4.78. The lowest BCUT2D eigenvalue weighted by Crippen LogP contribution is -2.49. The van der Waals surface area contributed by atoms with E-state index in [0.29, 0.717) is 6.07 Å². The van der Waals surface area contributed by atoms with Gasteiger partial charge in [-0.15, -0.1) is 0 Å². The summed E-state index contributed by atoms with van der Waals surface area (Å²) < 4.78 is 72.5. The van der Waals surface area contributed by atoms with Gasteiger partial charge in [-0.05, 0) is 24.3 Å². The second-order valence-electron chi connectivity index (χ2n) is 6.59. The Labute approximate surface area is 173 Å². The van der Waals surface area contributed by atoms with E-state index in [4.69, 9.17) is 10.00 Å². The molecule has 2 aliphatic heterocycles. The second-order valence-corrected chi connectivity index (χ2v) is 8.39. The zero-order chi connectivity index (χ0) is 22.5. The largest absolute Gasteiger partial charge is 0.491 e. The fourth-order valence-electron chi connectivity index (χ4n) is 3.29. The van der Waals surface area contributed by atoms with Gasteiger partial charge in [0.1, 0.15) is 29.6 Å². The summed E-state index contributed by atoms with van der Waals surface area (Å²) in [5.74, 6) is -4.95. The maximum Gasteiger partial charge on any atom is 0.336 e. The summed E-state index contributed by atoms with van der Waals surface area (Å²) in [5, 5.41) is 13.3. The van der Waals surface area contributed by atoms with Gasteiger partial charge >= 0.3 is 6.03 Å². The quantitative estimate of drug-likeness (QED) is 0.730. The molecule has 9 nitrogen and oxygen atoms in total. The van der Waals surface area contributed by atoms with Gasteiger partial charge in [0.15, 0.2) is 11.6 Å². The molecule has 0 aromatic heterocycles. The lowest BCUT2D eigenvalue weighted by atomic mass is 10.1. The van der Waals surface area contributed by atoms with Gasteiger partial charge in [-0.25, -0.2) is 30.7 Å². The maximum absolute atomic E-state index is 14.3. The number of urea groups is 1. The summed E-state index contributed by atoms with van der Waals surface area (Å²) >= 11 is 0. The van der Waals surface area contributed by atoms with Gasteiger partial charge in [-0.2, -0.15) is 5.26 Å². The predicted octanol–water partition coefficient (Wildman–Crippen LogP) is 1.76. The third kappa shape index (κ3) is 3.30. The Bertz CT molecular complexity index is 1290. The van der Waals surface area contributed by atoms with Crippen molar-refractivity contribution in [1.29, 1.82) is 5.26 Å². The Kier molecular flexibility index (Phi) is 4.74. The van der Waals surface area contributed by atoms with Gasteiger partial charge in [0, 0.05) is 0 Å². The van der Waals surface area contributed by atoms with E-state index in [2.05, 4.69) is 10.6 Å². The Balaban J connectivity index is 1.57. The lowest BCUT2D eigenvalue weighted by molar-refractivity contribution is -0.121. The molecule has 13 heteroatoms. The minimum absolute atomic E-state index is 0.00670. The molecule has 0 saturated carbocycles. The van der Waals surface area contributed by atoms with E-state index < -0.39 is 62.6 Å². The number of halogens is 3. The first-order valence-electron chi connectivity index (χ1n) is 8.61. The first-order chi connectivity index (χ1) is 14.6. The van der Waals surface area contributed by atoms with Crippen LogP contribution in [-0.4, -0.2) is 37.8 Å². The first-order valence-corrected chi connectivity index (χ1v) is 10.0. The van der Waals surface area contributed by atoms with Crippen LogP contribution in [0.3, 0.4) is 0 Å². The molecule has 0 bridgehead atoms. The van der Waals surface area contributed by atoms with Crippen LogP contribution in [0.5, 0.6) is 5.75 Å². The van der Waals surface area contributed by atoms with Crippen molar-refractivity contribution in [2.24, 2.45) is 0 Å². The van der Waals surface area contributed by atoms with Crippen LogP contribution in [0.4, 0.5) is 23.7 Å². The molecule has 0 fully saturated rings. The van der Waals surface area contributed by atoms with E-state index in [1.807, 2.05) is 0 Å². The molecule has 4 rings (SSSR count). The standard InChI is InChI=1S/C18H11F3N4O5S/c19-9-1-2-11-17(16(9)21)31(28,29)25(18(27)24-11)6-14(26)23-12-7-30-13-4-8(5-22)3-10(20)15(12)13/h1-4,12H,6-7H2,(H,23,26)(H,24,27)/t12-/m0/s1.